The molecule has 1 amide bonds. The van der Waals surface area contributed by atoms with E-state index in [1.54, 1.807) is 25.1 Å². The third-order valence-corrected chi connectivity index (χ3v) is 3.22. The Hall–Kier alpha value is -1.58. The molecule has 0 aliphatic heterocycles. The zero-order valence-corrected chi connectivity index (χ0v) is 9.87. The van der Waals surface area contributed by atoms with Gasteiger partial charge in [-0.05, 0) is 31.4 Å². The Morgan fingerprint density at radius 3 is 2.71 bits per heavy atom. The van der Waals surface area contributed by atoms with Gasteiger partial charge in [0, 0.05) is 0 Å². The molecule has 0 spiro atoms. The monoisotopic (exact) mass is 236 g/mol. The molecule has 92 valence electrons. The zero-order valence-electron chi connectivity index (χ0n) is 9.87. The van der Waals surface area contributed by atoms with Crippen LogP contribution in [0.3, 0.4) is 0 Å². The maximum absolute atomic E-state index is 13.5. The number of primary amides is 1. The van der Waals surface area contributed by atoms with Gasteiger partial charge >= 0.3 is 0 Å². The van der Waals surface area contributed by atoms with Crippen molar-refractivity contribution in [3.8, 4) is 0 Å². The van der Waals surface area contributed by atoms with E-state index in [9.17, 15) is 9.18 Å². The summed E-state index contributed by atoms with van der Waals surface area (Å²) in [7, 11) is 0. The first-order valence-electron chi connectivity index (χ1n) is 5.84. The zero-order chi connectivity index (χ0) is 12.5. The maximum Gasteiger partial charge on any atom is 0.242 e. The first-order valence-corrected chi connectivity index (χ1v) is 5.84. The molecule has 17 heavy (non-hydrogen) atoms. The quantitative estimate of drug-likeness (QED) is 0.824. The van der Waals surface area contributed by atoms with E-state index in [1.807, 2.05) is 0 Å². The van der Waals surface area contributed by atoms with Crippen LogP contribution in [0.15, 0.2) is 24.3 Å². The molecule has 4 heteroatoms. The van der Waals surface area contributed by atoms with E-state index in [2.05, 4.69) is 5.32 Å². The van der Waals surface area contributed by atoms with Crippen LogP contribution in [-0.4, -0.2) is 11.4 Å². The molecule has 3 N–H and O–H groups in total. The van der Waals surface area contributed by atoms with Crippen molar-refractivity contribution in [2.24, 2.45) is 11.7 Å². The highest BCUT2D eigenvalue weighted by Gasteiger charge is 2.38. The molecule has 1 aliphatic carbocycles. The Labute approximate surface area is 100 Å². The van der Waals surface area contributed by atoms with Crippen molar-refractivity contribution in [1.29, 1.82) is 0 Å². The number of nitrogens with two attached hydrogens (primary N) is 1. The number of hydrogen-bond acceptors (Lipinski definition) is 2. The number of rotatable bonds is 5. The van der Waals surface area contributed by atoms with Gasteiger partial charge in [-0.1, -0.05) is 25.0 Å². The highest BCUT2D eigenvalue weighted by molar-refractivity contribution is 5.87. The normalized spacial score (nSPS) is 18.5. The highest BCUT2D eigenvalue weighted by Crippen LogP contribution is 2.38. The molecule has 3 nitrogen and oxygen atoms in total. The molecule has 0 radical (unpaired) electrons. The number of para-hydroxylation sites is 1. The van der Waals surface area contributed by atoms with Crippen LogP contribution in [0.1, 0.15) is 26.2 Å². The number of benzene rings is 1. The predicted octanol–water partition coefficient (Wildman–Crippen LogP) is 2.28. The topological polar surface area (TPSA) is 55.1 Å². The molecule has 0 heterocycles. The van der Waals surface area contributed by atoms with Crippen LogP contribution in [0.25, 0.3) is 0 Å². The van der Waals surface area contributed by atoms with Gasteiger partial charge in [0.15, 0.2) is 0 Å². The molecule has 2 rings (SSSR count). The Kier molecular flexibility index (Phi) is 3.05. The van der Waals surface area contributed by atoms with Crippen LogP contribution >= 0.6 is 0 Å². The molecule has 1 aliphatic rings. The van der Waals surface area contributed by atoms with Gasteiger partial charge in [0.2, 0.25) is 5.91 Å². The van der Waals surface area contributed by atoms with Crippen molar-refractivity contribution in [2.75, 3.05) is 5.32 Å². The summed E-state index contributed by atoms with van der Waals surface area (Å²) in [6.45, 7) is 1.74. The summed E-state index contributed by atoms with van der Waals surface area (Å²) in [6, 6.07) is 6.32. The van der Waals surface area contributed by atoms with Crippen molar-refractivity contribution in [3.05, 3.63) is 30.1 Å². The molecular formula is C13H17FN2O. The Morgan fingerprint density at radius 1 is 1.53 bits per heavy atom. The fraction of sp³-hybridized carbons (Fsp3) is 0.462. The fourth-order valence-corrected chi connectivity index (χ4v) is 1.97. The van der Waals surface area contributed by atoms with E-state index in [-0.39, 0.29) is 5.82 Å². The molecule has 1 fully saturated rings. The van der Waals surface area contributed by atoms with Crippen LogP contribution in [0, 0.1) is 11.7 Å². The molecule has 1 saturated carbocycles. The number of halogens is 1. The summed E-state index contributed by atoms with van der Waals surface area (Å²) >= 11 is 0. The van der Waals surface area contributed by atoms with Crippen LogP contribution < -0.4 is 11.1 Å². The lowest BCUT2D eigenvalue weighted by atomic mass is 9.93. The largest absolute Gasteiger partial charge is 0.369 e. The molecule has 1 unspecified atom stereocenters. The van der Waals surface area contributed by atoms with Crippen LogP contribution in [-0.2, 0) is 4.79 Å². The van der Waals surface area contributed by atoms with Crippen LogP contribution in [0.2, 0.25) is 0 Å². The molecule has 0 saturated heterocycles. The summed E-state index contributed by atoms with van der Waals surface area (Å²) in [6.07, 6.45) is 2.92. The summed E-state index contributed by atoms with van der Waals surface area (Å²) in [5.41, 5.74) is 4.88. The van der Waals surface area contributed by atoms with Crippen molar-refractivity contribution >= 4 is 11.6 Å². The van der Waals surface area contributed by atoms with E-state index in [0.717, 1.165) is 12.8 Å². The Bertz CT molecular complexity index is 431. The number of carbonyl (C=O) groups excluding carboxylic acids is 1. The van der Waals surface area contributed by atoms with E-state index in [0.29, 0.717) is 18.0 Å². The summed E-state index contributed by atoms with van der Waals surface area (Å²) < 4.78 is 13.5. The van der Waals surface area contributed by atoms with Gasteiger partial charge in [-0.3, -0.25) is 4.79 Å². The van der Waals surface area contributed by atoms with Gasteiger partial charge in [-0.25, -0.2) is 4.39 Å². The molecule has 0 bridgehead atoms. The minimum absolute atomic E-state index is 0.328. The van der Waals surface area contributed by atoms with Gasteiger partial charge in [0.25, 0.3) is 0 Å². The summed E-state index contributed by atoms with van der Waals surface area (Å²) in [5, 5.41) is 2.94. The number of nitrogens with one attached hydrogen (secondary N) is 1. The molecule has 1 aromatic carbocycles. The lowest BCUT2D eigenvalue weighted by Gasteiger charge is -2.28. The maximum atomic E-state index is 13.5. The fourth-order valence-electron chi connectivity index (χ4n) is 1.97. The lowest BCUT2D eigenvalue weighted by molar-refractivity contribution is -0.122. The lowest BCUT2D eigenvalue weighted by Crippen LogP contribution is -2.48. The third kappa shape index (κ3) is 2.75. The van der Waals surface area contributed by atoms with E-state index < -0.39 is 11.4 Å². The standard InChI is InChI=1S/C13H17FN2O/c1-13(12(15)17,8-9-6-7-9)16-11-5-3-2-4-10(11)14/h2-5,9,16H,6-8H2,1H3,(H2,15,17). The average Bonchev–Trinajstić information content (AvgIpc) is 3.05. The van der Waals surface area contributed by atoms with Crippen molar-refractivity contribution < 1.29 is 9.18 Å². The number of carbonyl (C=O) groups is 1. The Morgan fingerprint density at radius 2 is 2.18 bits per heavy atom. The molecule has 1 aromatic rings. The van der Waals surface area contributed by atoms with Gasteiger partial charge in [0.1, 0.15) is 11.4 Å². The first kappa shape index (κ1) is 11.9. The van der Waals surface area contributed by atoms with Gasteiger partial charge in [-0.15, -0.1) is 0 Å². The van der Waals surface area contributed by atoms with Crippen molar-refractivity contribution in [3.63, 3.8) is 0 Å². The minimum Gasteiger partial charge on any atom is -0.369 e. The second kappa shape index (κ2) is 4.35. The molecular weight excluding hydrogens is 219 g/mol. The van der Waals surface area contributed by atoms with Crippen molar-refractivity contribution in [2.45, 2.75) is 31.7 Å². The van der Waals surface area contributed by atoms with Gasteiger partial charge < -0.3 is 11.1 Å². The van der Waals surface area contributed by atoms with Crippen LogP contribution in [0.5, 0.6) is 0 Å². The van der Waals surface area contributed by atoms with E-state index >= 15 is 0 Å². The smallest absolute Gasteiger partial charge is 0.242 e. The molecule has 0 aromatic heterocycles. The second-order valence-electron chi connectivity index (χ2n) is 4.95. The Balaban J connectivity index is 2.17. The number of hydrogen-bond donors (Lipinski definition) is 2. The average molecular weight is 236 g/mol. The molecule has 1 atom stereocenters. The highest BCUT2D eigenvalue weighted by atomic mass is 19.1. The minimum atomic E-state index is -0.872. The first-order chi connectivity index (χ1) is 8.01. The third-order valence-electron chi connectivity index (χ3n) is 3.22. The number of amides is 1. The van der Waals surface area contributed by atoms with Gasteiger partial charge in [-0.2, -0.15) is 0 Å². The van der Waals surface area contributed by atoms with E-state index in [4.69, 9.17) is 5.73 Å². The SMILES string of the molecule is CC(CC1CC1)(Nc1ccccc1F)C(N)=O. The van der Waals surface area contributed by atoms with E-state index in [1.165, 1.54) is 6.07 Å². The summed E-state index contributed by atoms with van der Waals surface area (Å²) in [4.78, 5) is 11.5. The van der Waals surface area contributed by atoms with Crippen LogP contribution in [0.4, 0.5) is 10.1 Å². The number of anilines is 1. The summed E-state index contributed by atoms with van der Waals surface area (Å²) in [5.74, 6) is -0.268. The second-order valence-corrected chi connectivity index (χ2v) is 4.95. The van der Waals surface area contributed by atoms with Gasteiger partial charge in [0.05, 0.1) is 5.69 Å². The van der Waals surface area contributed by atoms with Crippen molar-refractivity contribution in [1.82, 2.24) is 0 Å². The predicted molar refractivity (Wildman–Crippen MR) is 65.0 cm³/mol.